The average molecular weight is 242 g/mol. The molecule has 2 nitrogen and oxygen atoms in total. The molecule has 3 atom stereocenters. The first-order valence-electron chi connectivity index (χ1n) is 6.98. The van der Waals surface area contributed by atoms with Crippen LogP contribution in [0.25, 0.3) is 0 Å². The summed E-state index contributed by atoms with van der Waals surface area (Å²) >= 11 is 0. The van der Waals surface area contributed by atoms with E-state index in [0.717, 1.165) is 11.6 Å². The molecule has 0 saturated heterocycles. The number of fused-ring (bicyclic) bond motifs is 2. The van der Waals surface area contributed by atoms with E-state index in [1.807, 2.05) is 30.6 Å². The lowest BCUT2D eigenvalue weighted by atomic mass is 9.69. The van der Waals surface area contributed by atoms with Crippen LogP contribution in [0.15, 0.2) is 29.4 Å². The Balaban J connectivity index is 1.82. The van der Waals surface area contributed by atoms with Crippen LogP contribution in [0.1, 0.15) is 45.7 Å². The number of nitrogens with zero attached hydrogens (tertiary/aromatic N) is 2. The molecule has 2 fully saturated rings. The Kier molecular flexibility index (Phi) is 2.58. The molecule has 0 spiro atoms. The predicted molar refractivity (Wildman–Crippen MR) is 74.8 cm³/mol. The van der Waals surface area contributed by atoms with Crippen LogP contribution >= 0.6 is 0 Å². The lowest BCUT2D eigenvalue weighted by Crippen LogP contribution is -2.34. The van der Waals surface area contributed by atoms with E-state index in [4.69, 9.17) is 4.99 Å². The van der Waals surface area contributed by atoms with Crippen LogP contribution in [0.2, 0.25) is 0 Å². The Morgan fingerprint density at radius 1 is 1.33 bits per heavy atom. The van der Waals surface area contributed by atoms with Crippen molar-refractivity contribution in [2.75, 3.05) is 0 Å². The third-order valence-electron chi connectivity index (χ3n) is 5.82. The second-order valence-electron chi connectivity index (χ2n) is 6.66. The van der Waals surface area contributed by atoms with Gasteiger partial charge in [-0.3, -0.25) is 9.98 Å². The minimum absolute atomic E-state index is 0.378. The Morgan fingerprint density at radius 3 is 2.72 bits per heavy atom. The van der Waals surface area contributed by atoms with E-state index in [0.29, 0.717) is 16.9 Å². The van der Waals surface area contributed by atoms with E-state index in [9.17, 15) is 0 Å². The van der Waals surface area contributed by atoms with Crippen molar-refractivity contribution in [1.29, 1.82) is 0 Å². The van der Waals surface area contributed by atoms with Crippen molar-refractivity contribution in [3.05, 3.63) is 30.1 Å². The molecule has 2 bridgehead atoms. The molecule has 96 valence electrons. The summed E-state index contributed by atoms with van der Waals surface area (Å²) in [6.07, 6.45) is 7.77. The Bertz CT molecular complexity index is 463. The highest BCUT2D eigenvalue weighted by molar-refractivity contribution is 5.76. The van der Waals surface area contributed by atoms with E-state index >= 15 is 0 Å². The molecule has 2 saturated carbocycles. The zero-order chi connectivity index (χ0) is 12.8. The van der Waals surface area contributed by atoms with Crippen molar-refractivity contribution in [1.82, 2.24) is 4.98 Å². The van der Waals surface area contributed by atoms with Gasteiger partial charge in [-0.15, -0.1) is 0 Å². The molecular weight excluding hydrogens is 220 g/mol. The summed E-state index contributed by atoms with van der Waals surface area (Å²) in [7, 11) is 0. The van der Waals surface area contributed by atoms with Crippen LogP contribution in [-0.2, 0) is 0 Å². The molecule has 0 aromatic carbocycles. The summed E-state index contributed by atoms with van der Waals surface area (Å²) < 4.78 is 0. The molecule has 1 aromatic heterocycles. The molecule has 0 radical (unpaired) electrons. The van der Waals surface area contributed by atoms with Gasteiger partial charge in [0.05, 0.1) is 11.7 Å². The molecule has 18 heavy (non-hydrogen) atoms. The monoisotopic (exact) mass is 242 g/mol. The summed E-state index contributed by atoms with van der Waals surface area (Å²) in [4.78, 5) is 9.17. The van der Waals surface area contributed by atoms with Gasteiger partial charge in [-0.25, -0.2) is 0 Å². The van der Waals surface area contributed by atoms with Gasteiger partial charge in [0, 0.05) is 12.4 Å². The first-order chi connectivity index (χ1) is 8.54. The zero-order valence-corrected chi connectivity index (χ0v) is 11.6. The molecule has 1 heterocycles. The second-order valence-corrected chi connectivity index (χ2v) is 6.66. The molecule has 3 rings (SSSR count). The third-order valence-corrected chi connectivity index (χ3v) is 5.82. The Labute approximate surface area is 110 Å². The first-order valence-corrected chi connectivity index (χ1v) is 6.98. The highest BCUT2D eigenvalue weighted by atomic mass is 14.9. The van der Waals surface area contributed by atoms with Crippen LogP contribution in [0.3, 0.4) is 0 Å². The standard InChI is InChI=1S/C16H22N2/c1-15(2)12-7-8-16(15,3)14(10-12)18-11-13-6-4-5-9-17-13/h4-6,9,11-12,14H,7-8,10H2,1-3H3/t12-,14+,16?/m1/s1. The fourth-order valence-electron chi connectivity index (χ4n) is 4.01. The van der Waals surface area contributed by atoms with Crippen LogP contribution in [0.5, 0.6) is 0 Å². The van der Waals surface area contributed by atoms with E-state index in [1.165, 1.54) is 19.3 Å². The smallest absolute Gasteiger partial charge is 0.0807 e. The Morgan fingerprint density at radius 2 is 2.17 bits per heavy atom. The molecule has 2 aliphatic carbocycles. The van der Waals surface area contributed by atoms with E-state index in [-0.39, 0.29) is 0 Å². The minimum Gasteiger partial charge on any atom is -0.287 e. The maximum Gasteiger partial charge on any atom is 0.0807 e. The highest BCUT2D eigenvalue weighted by Crippen LogP contribution is 2.66. The van der Waals surface area contributed by atoms with Crippen molar-refractivity contribution >= 4 is 6.21 Å². The van der Waals surface area contributed by atoms with Crippen LogP contribution in [0.4, 0.5) is 0 Å². The normalized spacial score (nSPS) is 37.5. The van der Waals surface area contributed by atoms with Gasteiger partial charge in [0.1, 0.15) is 0 Å². The summed E-state index contributed by atoms with van der Waals surface area (Å²) in [5.74, 6) is 0.855. The predicted octanol–water partition coefficient (Wildman–Crippen LogP) is 3.72. The zero-order valence-electron chi connectivity index (χ0n) is 11.6. The van der Waals surface area contributed by atoms with Gasteiger partial charge in [-0.1, -0.05) is 26.8 Å². The van der Waals surface area contributed by atoms with E-state index < -0.39 is 0 Å². The topological polar surface area (TPSA) is 25.2 Å². The molecular formula is C16H22N2. The largest absolute Gasteiger partial charge is 0.287 e. The number of rotatable bonds is 2. The number of pyridine rings is 1. The van der Waals surface area contributed by atoms with Crippen molar-refractivity contribution in [3.8, 4) is 0 Å². The Hall–Kier alpha value is -1.18. The maximum atomic E-state index is 4.86. The van der Waals surface area contributed by atoms with Gasteiger partial charge in [0.2, 0.25) is 0 Å². The molecule has 2 heteroatoms. The van der Waals surface area contributed by atoms with Crippen LogP contribution in [-0.4, -0.2) is 17.2 Å². The number of aromatic nitrogens is 1. The second kappa shape index (κ2) is 3.91. The SMILES string of the molecule is CC1(C)[C@@H]2CCC1(C)[C@@H](N=Cc1ccccn1)C2. The van der Waals surface area contributed by atoms with Gasteiger partial charge in [-0.2, -0.15) is 0 Å². The first kappa shape index (κ1) is 11.9. The van der Waals surface area contributed by atoms with Crippen molar-refractivity contribution in [2.45, 2.75) is 46.1 Å². The number of hydrogen-bond donors (Lipinski definition) is 0. The van der Waals surface area contributed by atoms with Gasteiger partial charge in [0.25, 0.3) is 0 Å². The van der Waals surface area contributed by atoms with E-state index in [1.54, 1.807) is 0 Å². The fourth-order valence-corrected chi connectivity index (χ4v) is 4.01. The lowest BCUT2D eigenvalue weighted by molar-refractivity contribution is 0.137. The molecule has 0 amide bonds. The molecule has 0 aliphatic heterocycles. The van der Waals surface area contributed by atoms with Gasteiger partial charge in [-0.05, 0) is 48.1 Å². The highest BCUT2D eigenvalue weighted by Gasteiger charge is 2.61. The summed E-state index contributed by atoms with van der Waals surface area (Å²) in [5, 5.41) is 0. The summed E-state index contributed by atoms with van der Waals surface area (Å²) in [5.41, 5.74) is 1.80. The summed E-state index contributed by atoms with van der Waals surface area (Å²) in [6, 6.07) is 6.46. The van der Waals surface area contributed by atoms with Crippen molar-refractivity contribution in [2.24, 2.45) is 21.7 Å². The average Bonchev–Trinajstić information content (AvgIpc) is 2.70. The quantitative estimate of drug-likeness (QED) is 0.726. The number of aliphatic imine (C=N–C) groups is 1. The molecule has 2 aliphatic rings. The van der Waals surface area contributed by atoms with Crippen LogP contribution < -0.4 is 0 Å². The minimum atomic E-state index is 0.378. The third kappa shape index (κ3) is 1.54. The molecule has 0 N–H and O–H groups in total. The van der Waals surface area contributed by atoms with Gasteiger partial charge < -0.3 is 0 Å². The van der Waals surface area contributed by atoms with Crippen molar-refractivity contribution in [3.63, 3.8) is 0 Å². The lowest BCUT2D eigenvalue weighted by Gasteiger charge is -2.37. The molecule has 1 aromatic rings. The number of hydrogen-bond acceptors (Lipinski definition) is 2. The van der Waals surface area contributed by atoms with Gasteiger partial charge >= 0.3 is 0 Å². The summed E-state index contributed by atoms with van der Waals surface area (Å²) in [6.45, 7) is 7.29. The maximum absolute atomic E-state index is 4.86. The van der Waals surface area contributed by atoms with Gasteiger partial charge in [0.15, 0.2) is 0 Å². The van der Waals surface area contributed by atoms with E-state index in [2.05, 4.69) is 25.8 Å². The van der Waals surface area contributed by atoms with Crippen molar-refractivity contribution < 1.29 is 0 Å². The van der Waals surface area contributed by atoms with Crippen LogP contribution in [0, 0.1) is 16.7 Å². The fraction of sp³-hybridized carbons (Fsp3) is 0.625. The molecule has 1 unspecified atom stereocenters.